The van der Waals surface area contributed by atoms with Crippen LogP contribution in [0.15, 0.2) is 48.9 Å². The van der Waals surface area contributed by atoms with E-state index in [1.807, 2.05) is 29.8 Å². The van der Waals surface area contributed by atoms with Gasteiger partial charge in [-0.25, -0.2) is 4.98 Å². The molecule has 0 saturated carbocycles. The summed E-state index contributed by atoms with van der Waals surface area (Å²) in [6.45, 7) is 3.08. The van der Waals surface area contributed by atoms with Gasteiger partial charge in [0.2, 0.25) is 0 Å². The molecule has 0 aliphatic rings. The number of nitrogens with one attached hydrogen (secondary N) is 2. The first-order chi connectivity index (χ1) is 12.1. The van der Waals surface area contributed by atoms with Crippen LogP contribution in [0.3, 0.4) is 0 Å². The second kappa shape index (κ2) is 7.57. The predicted octanol–water partition coefficient (Wildman–Crippen LogP) is 1.88. The van der Waals surface area contributed by atoms with Crippen LogP contribution < -0.4 is 10.6 Å². The molecular weight excluding hydrogens is 318 g/mol. The number of imidazole rings is 1. The number of aromatic nitrogens is 3. The maximum absolute atomic E-state index is 12.1. The fourth-order valence-corrected chi connectivity index (χ4v) is 2.56. The second-order valence-corrected chi connectivity index (χ2v) is 5.61. The molecule has 0 aliphatic heterocycles. The molecule has 0 spiro atoms. The lowest BCUT2D eigenvalue weighted by molar-refractivity contribution is -0.136. The van der Waals surface area contributed by atoms with Gasteiger partial charge in [0, 0.05) is 37.1 Å². The first-order valence-corrected chi connectivity index (χ1v) is 8.06. The molecule has 0 saturated heterocycles. The summed E-state index contributed by atoms with van der Waals surface area (Å²) in [4.78, 5) is 32.4. The van der Waals surface area contributed by atoms with Crippen LogP contribution in [0.4, 0.5) is 5.69 Å². The standard InChI is InChI=1S/C18H19N5O2/c1-13-19-10-12-23(13)11-4-9-21-17(24)18(25)22-16-7-2-6-15-14(16)5-3-8-20-15/h2-3,5-8,10,12H,4,9,11H2,1H3,(H,21,24)(H,22,25). The van der Waals surface area contributed by atoms with Crippen LogP contribution in [-0.2, 0) is 16.1 Å². The Bertz CT molecular complexity index is 898. The highest BCUT2D eigenvalue weighted by molar-refractivity contribution is 6.40. The van der Waals surface area contributed by atoms with Crippen molar-refractivity contribution in [2.24, 2.45) is 0 Å². The molecule has 2 N–H and O–H groups in total. The molecule has 2 aromatic heterocycles. The molecule has 2 amide bonds. The van der Waals surface area contributed by atoms with E-state index in [1.165, 1.54) is 0 Å². The van der Waals surface area contributed by atoms with Crippen LogP contribution in [0, 0.1) is 6.92 Å². The summed E-state index contributed by atoms with van der Waals surface area (Å²) >= 11 is 0. The van der Waals surface area contributed by atoms with Gasteiger partial charge >= 0.3 is 11.8 Å². The Labute approximate surface area is 145 Å². The van der Waals surface area contributed by atoms with Gasteiger partial charge < -0.3 is 15.2 Å². The van der Waals surface area contributed by atoms with Crippen molar-refractivity contribution >= 4 is 28.4 Å². The third-order valence-electron chi connectivity index (χ3n) is 3.89. The summed E-state index contributed by atoms with van der Waals surface area (Å²) in [5.74, 6) is -0.410. The topological polar surface area (TPSA) is 88.9 Å². The highest BCUT2D eigenvalue weighted by atomic mass is 16.2. The number of hydrogen-bond acceptors (Lipinski definition) is 4. The van der Waals surface area contributed by atoms with Crippen LogP contribution in [0.25, 0.3) is 10.9 Å². The quantitative estimate of drug-likeness (QED) is 0.549. The summed E-state index contributed by atoms with van der Waals surface area (Å²) in [5.41, 5.74) is 1.33. The first kappa shape index (κ1) is 16.6. The number of hydrogen-bond donors (Lipinski definition) is 2. The summed E-state index contributed by atoms with van der Waals surface area (Å²) in [5, 5.41) is 6.07. The minimum atomic E-state index is -0.685. The molecule has 0 atom stereocenters. The summed E-state index contributed by atoms with van der Waals surface area (Å²) in [6.07, 6.45) is 6.02. The third-order valence-corrected chi connectivity index (χ3v) is 3.89. The van der Waals surface area contributed by atoms with E-state index in [0.717, 1.165) is 23.3 Å². The van der Waals surface area contributed by atoms with E-state index in [-0.39, 0.29) is 0 Å². The van der Waals surface area contributed by atoms with Crippen molar-refractivity contribution in [3.63, 3.8) is 0 Å². The number of fused-ring (bicyclic) bond motifs is 1. The Hall–Kier alpha value is -3.22. The normalized spacial score (nSPS) is 10.6. The minimum absolute atomic E-state index is 0.418. The summed E-state index contributed by atoms with van der Waals surface area (Å²) < 4.78 is 2.00. The molecule has 0 fully saturated rings. The Kier molecular flexibility index (Phi) is 5.03. The van der Waals surface area contributed by atoms with Crippen molar-refractivity contribution in [2.45, 2.75) is 19.9 Å². The minimum Gasteiger partial charge on any atom is -0.348 e. The van der Waals surface area contributed by atoms with Crippen molar-refractivity contribution in [2.75, 3.05) is 11.9 Å². The van der Waals surface area contributed by atoms with Crippen LogP contribution in [0.5, 0.6) is 0 Å². The molecule has 0 aliphatic carbocycles. The van der Waals surface area contributed by atoms with E-state index in [0.29, 0.717) is 18.7 Å². The number of aryl methyl sites for hydroxylation is 2. The molecule has 3 aromatic rings. The maximum atomic E-state index is 12.1. The van der Waals surface area contributed by atoms with Gasteiger partial charge in [0.05, 0.1) is 11.2 Å². The van der Waals surface area contributed by atoms with Gasteiger partial charge in [-0.1, -0.05) is 6.07 Å². The third kappa shape index (κ3) is 4.00. The smallest absolute Gasteiger partial charge is 0.313 e. The molecule has 2 heterocycles. The molecule has 7 nitrogen and oxygen atoms in total. The van der Waals surface area contributed by atoms with Gasteiger partial charge in [0.25, 0.3) is 0 Å². The average Bonchev–Trinajstić information content (AvgIpc) is 3.04. The number of carbonyl (C=O) groups excluding carboxylic acids is 2. The predicted molar refractivity (Wildman–Crippen MR) is 95.0 cm³/mol. The largest absolute Gasteiger partial charge is 0.348 e. The Morgan fingerprint density at radius 2 is 1.96 bits per heavy atom. The zero-order chi connectivity index (χ0) is 17.6. The number of amides is 2. The van der Waals surface area contributed by atoms with E-state index in [4.69, 9.17) is 0 Å². The number of anilines is 1. The molecule has 0 radical (unpaired) electrons. The fraction of sp³-hybridized carbons (Fsp3) is 0.222. The lowest BCUT2D eigenvalue weighted by atomic mass is 10.2. The van der Waals surface area contributed by atoms with Crippen LogP contribution >= 0.6 is 0 Å². The lowest BCUT2D eigenvalue weighted by Crippen LogP contribution is -2.36. The van der Waals surface area contributed by atoms with Crippen LogP contribution in [0.2, 0.25) is 0 Å². The Balaban J connectivity index is 1.52. The monoisotopic (exact) mass is 337 g/mol. The molecule has 25 heavy (non-hydrogen) atoms. The molecular formula is C18H19N5O2. The van der Waals surface area contributed by atoms with Crippen LogP contribution in [0.1, 0.15) is 12.2 Å². The van der Waals surface area contributed by atoms with Gasteiger partial charge in [-0.3, -0.25) is 14.6 Å². The molecule has 1 aromatic carbocycles. The highest BCUT2D eigenvalue weighted by Gasteiger charge is 2.14. The number of carbonyl (C=O) groups is 2. The van der Waals surface area contributed by atoms with Crippen molar-refractivity contribution in [3.8, 4) is 0 Å². The SMILES string of the molecule is Cc1nccn1CCCNC(=O)C(=O)Nc1cccc2ncccc12. The number of nitrogens with zero attached hydrogens (tertiary/aromatic N) is 3. The molecule has 0 unspecified atom stereocenters. The van der Waals surface area contributed by atoms with Crippen molar-refractivity contribution < 1.29 is 9.59 Å². The second-order valence-electron chi connectivity index (χ2n) is 5.61. The molecule has 0 bridgehead atoms. The summed E-state index contributed by atoms with van der Waals surface area (Å²) in [7, 11) is 0. The first-order valence-electron chi connectivity index (χ1n) is 8.06. The zero-order valence-electron chi connectivity index (χ0n) is 13.9. The molecule has 3 rings (SSSR count). The van der Waals surface area contributed by atoms with E-state index in [9.17, 15) is 9.59 Å². The summed E-state index contributed by atoms with van der Waals surface area (Å²) in [6, 6.07) is 9.02. The van der Waals surface area contributed by atoms with E-state index < -0.39 is 11.8 Å². The lowest BCUT2D eigenvalue weighted by Gasteiger charge is -2.09. The van der Waals surface area contributed by atoms with Gasteiger partial charge in [-0.2, -0.15) is 0 Å². The zero-order valence-corrected chi connectivity index (χ0v) is 13.9. The van der Waals surface area contributed by atoms with E-state index in [1.54, 1.807) is 30.6 Å². The van der Waals surface area contributed by atoms with E-state index >= 15 is 0 Å². The van der Waals surface area contributed by atoms with Gasteiger partial charge in [-0.05, 0) is 37.6 Å². The fourth-order valence-electron chi connectivity index (χ4n) is 2.56. The van der Waals surface area contributed by atoms with Gasteiger partial charge in [0.15, 0.2) is 0 Å². The van der Waals surface area contributed by atoms with Gasteiger partial charge in [0.1, 0.15) is 5.82 Å². The van der Waals surface area contributed by atoms with Crippen molar-refractivity contribution in [1.29, 1.82) is 0 Å². The van der Waals surface area contributed by atoms with E-state index in [2.05, 4.69) is 20.6 Å². The van der Waals surface area contributed by atoms with Crippen molar-refractivity contribution in [3.05, 3.63) is 54.7 Å². The molecule has 128 valence electrons. The Morgan fingerprint density at radius 3 is 2.76 bits per heavy atom. The number of pyridine rings is 1. The maximum Gasteiger partial charge on any atom is 0.313 e. The van der Waals surface area contributed by atoms with Crippen LogP contribution in [-0.4, -0.2) is 32.9 Å². The number of rotatable bonds is 5. The average molecular weight is 337 g/mol. The number of benzene rings is 1. The van der Waals surface area contributed by atoms with Crippen molar-refractivity contribution in [1.82, 2.24) is 19.9 Å². The Morgan fingerprint density at radius 1 is 1.08 bits per heavy atom. The van der Waals surface area contributed by atoms with Gasteiger partial charge in [-0.15, -0.1) is 0 Å². The highest BCUT2D eigenvalue weighted by Crippen LogP contribution is 2.20. The molecule has 7 heteroatoms.